The summed E-state index contributed by atoms with van der Waals surface area (Å²) in [6, 6.07) is 0. The molecule has 3 aliphatic rings. The van der Waals surface area contributed by atoms with Gasteiger partial charge in [-0.2, -0.15) is 0 Å². The quantitative estimate of drug-likeness (QED) is 0.806. The monoisotopic (exact) mass is 324 g/mol. The second kappa shape index (κ2) is 5.54. The van der Waals surface area contributed by atoms with Crippen LogP contribution in [0.5, 0.6) is 0 Å². The highest BCUT2D eigenvalue weighted by atomic mass is 32.2. The number of thioether (sulfide) groups is 2. The first kappa shape index (κ1) is 15.3. The van der Waals surface area contributed by atoms with Crippen LogP contribution in [-0.4, -0.2) is 45.2 Å². The lowest BCUT2D eigenvalue weighted by atomic mass is 10.1. The van der Waals surface area contributed by atoms with E-state index < -0.39 is 0 Å². The zero-order valence-corrected chi connectivity index (χ0v) is 14.9. The van der Waals surface area contributed by atoms with E-state index in [9.17, 15) is 0 Å². The van der Waals surface area contributed by atoms with Gasteiger partial charge in [0.15, 0.2) is 10.3 Å². The van der Waals surface area contributed by atoms with Crippen molar-refractivity contribution in [3.8, 4) is 0 Å². The molecule has 116 valence electrons. The smallest absolute Gasteiger partial charge is 0.168 e. The highest BCUT2D eigenvalue weighted by Crippen LogP contribution is 2.37. The summed E-state index contributed by atoms with van der Waals surface area (Å²) in [5.41, 5.74) is 1.65. The molecular weight excluding hydrogens is 300 g/mol. The molecular formula is C15H24N4S2. The summed E-state index contributed by atoms with van der Waals surface area (Å²) >= 11 is 3.63. The summed E-state index contributed by atoms with van der Waals surface area (Å²) in [4.78, 5) is 11.7. The molecule has 0 amide bonds. The van der Waals surface area contributed by atoms with Gasteiger partial charge in [-0.05, 0) is 45.9 Å². The van der Waals surface area contributed by atoms with Gasteiger partial charge in [0.1, 0.15) is 0 Å². The number of hydrogen-bond donors (Lipinski definition) is 1. The fourth-order valence-corrected chi connectivity index (χ4v) is 4.73. The fraction of sp³-hybridized carbons (Fsp3) is 0.733. The second-order valence-corrected chi connectivity index (χ2v) is 9.02. The lowest BCUT2D eigenvalue weighted by Crippen LogP contribution is -2.38. The first-order valence-electron chi connectivity index (χ1n) is 7.53. The summed E-state index contributed by atoms with van der Waals surface area (Å²) in [5.74, 6) is 1.12. The van der Waals surface area contributed by atoms with E-state index in [1.54, 1.807) is 11.8 Å². The fourth-order valence-electron chi connectivity index (χ4n) is 2.64. The Morgan fingerprint density at radius 1 is 1.38 bits per heavy atom. The van der Waals surface area contributed by atoms with E-state index in [4.69, 9.17) is 4.99 Å². The van der Waals surface area contributed by atoms with Crippen molar-refractivity contribution in [3.05, 3.63) is 11.1 Å². The zero-order valence-electron chi connectivity index (χ0n) is 13.3. The molecule has 0 aromatic carbocycles. The van der Waals surface area contributed by atoms with Crippen molar-refractivity contribution in [2.45, 2.75) is 51.6 Å². The van der Waals surface area contributed by atoms with Crippen LogP contribution in [0.4, 0.5) is 0 Å². The number of hydrogen-bond acceptors (Lipinski definition) is 6. The Bertz CT molecular complexity index is 520. The third-order valence-electron chi connectivity index (χ3n) is 3.70. The summed E-state index contributed by atoms with van der Waals surface area (Å²) < 4.78 is 0. The molecule has 0 saturated heterocycles. The summed E-state index contributed by atoms with van der Waals surface area (Å²) in [5, 5.41) is 8.04. The number of aliphatic imine (C=N–C) groups is 2. The number of nitrogens with one attached hydrogen (secondary N) is 1. The lowest BCUT2D eigenvalue weighted by Gasteiger charge is -2.21. The van der Waals surface area contributed by atoms with Gasteiger partial charge in [-0.15, -0.1) is 0 Å². The highest BCUT2D eigenvalue weighted by molar-refractivity contribution is 8.16. The van der Waals surface area contributed by atoms with Gasteiger partial charge in [-0.3, -0.25) is 9.98 Å². The maximum absolute atomic E-state index is 4.76. The molecule has 0 atom stereocenters. The Morgan fingerprint density at radius 3 is 2.90 bits per heavy atom. The zero-order chi connectivity index (χ0) is 15.1. The van der Waals surface area contributed by atoms with E-state index >= 15 is 0 Å². The van der Waals surface area contributed by atoms with E-state index in [0.29, 0.717) is 0 Å². The molecule has 4 nitrogen and oxygen atoms in total. The average Bonchev–Trinajstić information content (AvgIpc) is 2.98. The van der Waals surface area contributed by atoms with Gasteiger partial charge < -0.3 is 10.2 Å². The molecule has 0 aromatic heterocycles. The van der Waals surface area contributed by atoms with E-state index in [2.05, 4.69) is 48.3 Å². The summed E-state index contributed by atoms with van der Waals surface area (Å²) in [6.45, 7) is 10.7. The minimum atomic E-state index is 0.0741. The topological polar surface area (TPSA) is 40.0 Å². The maximum Gasteiger partial charge on any atom is 0.168 e. The van der Waals surface area contributed by atoms with Gasteiger partial charge in [0.05, 0.1) is 17.6 Å². The molecule has 6 heteroatoms. The first-order valence-corrected chi connectivity index (χ1v) is 9.40. The van der Waals surface area contributed by atoms with Crippen molar-refractivity contribution in [2.24, 2.45) is 9.98 Å². The van der Waals surface area contributed by atoms with Gasteiger partial charge in [-0.1, -0.05) is 23.5 Å². The summed E-state index contributed by atoms with van der Waals surface area (Å²) in [7, 11) is 0. The molecule has 21 heavy (non-hydrogen) atoms. The van der Waals surface area contributed by atoms with Crippen LogP contribution >= 0.6 is 23.5 Å². The molecule has 3 aliphatic heterocycles. The molecule has 0 radical (unpaired) electrons. The molecule has 0 fully saturated rings. The molecule has 1 N–H and O–H groups in total. The second-order valence-electron chi connectivity index (χ2n) is 7.10. The van der Waals surface area contributed by atoms with Crippen molar-refractivity contribution < 1.29 is 0 Å². The normalized spacial score (nSPS) is 25.3. The Hall–Kier alpha value is -0.620. The van der Waals surface area contributed by atoms with Gasteiger partial charge in [0, 0.05) is 18.0 Å². The number of rotatable bonds is 4. The van der Waals surface area contributed by atoms with Crippen LogP contribution in [0.25, 0.3) is 0 Å². The van der Waals surface area contributed by atoms with Crippen LogP contribution < -0.4 is 5.32 Å². The molecule has 0 aliphatic carbocycles. The van der Waals surface area contributed by atoms with Crippen molar-refractivity contribution in [3.63, 3.8) is 0 Å². The largest absolute Gasteiger partial charge is 0.358 e. The minimum Gasteiger partial charge on any atom is -0.358 e. The summed E-state index contributed by atoms with van der Waals surface area (Å²) in [6.07, 6.45) is 2.31. The first-order chi connectivity index (χ1) is 9.85. The Kier molecular flexibility index (Phi) is 4.03. The number of amidine groups is 2. The number of nitrogens with zero attached hydrogens (tertiary/aromatic N) is 3. The van der Waals surface area contributed by atoms with Gasteiger partial charge in [0.25, 0.3) is 0 Å². The molecule has 3 heterocycles. The number of fused-ring (bicyclic) bond motifs is 1. The molecule has 0 aromatic rings. The average molecular weight is 325 g/mol. The van der Waals surface area contributed by atoms with Crippen molar-refractivity contribution in [2.75, 3.05) is 18.8 Å². The minimum absolute atomic E-state index is 0.0741. The van der Waals surface area contributed by atoms with Gasteiger partial charge >= 0.3 is 0 Å². The molecule has 0 spiro atoms. The molecule has 0 saturated carbocycles. The van der Waals surface area contributed by atoms with Crippen molar-refractivity contribution in [1.29, 1.82) is 0 Å². The predicted octanol–water partition coefficient (Wildman–Crippen LogP) is 3.28. The van der Waals surface area contributed by atoms with Crippen LogP contribution in [0, 0.1) is 0 Å². The van der Waals surface area contributed by atoms with Crippen LogP contribution in [0.3, 0.4) is 0 Å². The van der Waals surface area contributed by atoms with E-state index in [-0.39, 0.29) is 11.1 Å². The standard InChI is InChI=1S/C15H24N4S2/c1-14(2)9-16-12(17-14)20-7-5-6-11-8-21-13-18-15(3,4)10-19(11)13/h8H,5-7,9-10H2,1-4H3,(H,16,17). The van der Waals surface area contributed by atoms with E-state index in [1.807, 2.05) is 11.8 Å². The Balaban J connectivity index is 1.40. The SMILES string of the molecule is CC1(C)CN2C(CCCSC3=NCC(C)(C)N3)=CSC2=N1. The van der Waals surface area contributed by atoms with Crippen molar-refractivity contribution >= 4 is 33.9 Å². The molecule has 0 unspecified atom stereocenters. The van der Waals surface area contributed by atoms with Crippen LogP contribution in [0.1, 0.15) is 40.5 Å². The highest BCUT2D eigenvalue weighted by Gasteiger charge is 2.35. The maximum atomic E-state index is 4.76. The lowest BCUT2D eigenvalue weighted by molar-refractivity contribution is 0.424. The Morgan fingerprint density at radius 2 is 2.19 bits per heavy atom. The van der Waals surface area contributed by atoms with Gasteiger partial charge in [0.2, 0.25) is 0 Å². The third-order valence-corrected chi connectivity index (χ3v) is 5.61. The Labute approximate surface area is 135 Å². The van der Waals surface area contributed by atoms with Crippen LogP contribution in [0.2, 0.25) is 0 Å². The predicted molar refractivity (Wildman–Crippen MR) is 95.1 cm³/mol. The van der Waals surface area contributed by atoms with E-state index in [0.717, 1.165) is 30.4 Å². The van der Waals surface area contributed by atoms with Crippen LogP contribution in [0.15, 0.2) is 21.1 Å². The van der Waals surface area contributed by atoms with Crippen LogP contribution in [-0.2, 0) is 0 Å². The third kappa shape index (κ3) is 3.59. The van der Waals surface area contributed by atoms with Gasteiger partial charge in [-0.25, -0.2) is 0 Å². The molecule has 0 bridgehead atoms. The van der Waals surface area contributed by atoms with E-state index in [1.165, 1.54) is 17.3 Å². The van der Waals surface area contributed by atoms with Crippen molar-refractivity contribution in [1.82, 2.24) is 10.2 Å². The molecule has 3 rings (SSSR count). The number of allylic oxidation sites excluding steroid dienone is 1.